The summed E-state index contributed by atoms with van der Waals surface area (Å²) < 4.78 is 5.04. The maximum absolute atomic E-state index is 10.4. The number of aliphatic hydroxyl groups is 1. The Hall–Kier alpha value is -0.900. The van der Waals surface area contributed by atoms with Crippen molar-refractivity contribution in [2.45, 2.75) is 26.9 Å². The van der Waals surface area contributed by atoms with Crippen molar-refractivity contribution in [3.8, 4) is 0 Å². The van der Waals surface area contributed by atoms with Gasteiger partial charge in [-0.2, -0.15) is 0 Å². The first-order valence-corrected chi connectivity index (χ1v) is 6.39. The van der Waals surface area contributed by atoms with Crippen LogP contribution < -0.4 is 0 Å². The van der Waals surface area contributed by atoms with Crippen LogP contribution in [0.4, 0.5) is 0 Å². The van der Waals surface area contributed by atoms with E-state index in [1.807, 2.05) is 7.05 Å². The zero-order valence-corrected chi connectivity index (χ0v) is 12.2. The van der Waals surface area contributed by atoms with E-state index < -0.39 is 6.10 Å². The number of aliphatic hydroxyl groups excluding tert-OH is 1. The van der Waals surface area contributed by atoms with Gasteiger partial charge in [0.15, 0.2) is 0 Å². The standard InChI is InChI=1S/C15H25NO2/c1-11-8-12(2)15(13(3)9-11)14(17)10-16(4)6-7-18-5/h8-9,14,17H,6-7,10H2,1-5H3. The Balaban J connectivity index is 2.75. The lowest BCUT2D eigenvalue weighted by Crippen LogP contribution is -2.28. The van der Waals surface area contributed by atoms with Gasteiger partial charge in [0.2, 0.25) is 0 Å². The monoisotopic (exact) mass is 251 g/mol. The summed E-state index contributed by atoms with van der Waals surface area (Å²) in [6.45, 7) is 8.36. The third-order valence-corrected chi connectivity index (χ3v) is 3.23. The Morgan fingerprint density at radius 3 is 2.28 bits per heavy atom. The Kier molecular flexibility index (Phi) is 5.79. The zero-order valence-electron chi connectivity index (χ0n) is 12.2. The second-order valence-electron chi connectivity index (χ2n) is 5.08. The minimum absolute atomic E-state index is 0.438. The molecule has 1 atom stereocenters. The summed E-state index contributed by atoms with van der Waals surface area (Å²) in [6, 6.07) is 4.25. The predicted molar refractivity (Wildman–Crippen MR) is 75.0 cm³/mol. The molecule has 0 aliphatic heterocycles. The quantitative estimate of drug-likeness (QED) is 0.841. The van der Waals surface area contributed by atoms with Crippen LogP contribution in [0.15, 0.2) is 12.1 Å². The van der Waals surface area contributed by atoms with Crippen LogP contribution in [0.1, 0.15) is 28.4 Å². The molecule has 0 aliphatic carbocycles. The summed E-state index contributed by atoms with van der Waals surface area (Å²) in [5, 5.41) is 10.4. The van der Waals surface area contributed by atoms with Gasteiger partial charge in [-0.15, -0.1) is 0 Å². The SMILES string of the molecule is COCCN(C)CC(O)c1c(C)cc(C)cc1C. The van der Waals surface area contributed by atoms with Gasteiger partial charge in [0, 0.05) is 20.2 Å². The first-order chi connectivity index (χ1) is 8.45. The third-order valence-electron chi connectivity index (χ3n) is 3.23. The topological polar surface area (TPSA) is 32.7 Å². The van der Waals surface area contributed by atoms with Gasteiger partial charge in [-0.05, 0) is 44.5 Å². The molecule has 3 nitrogen and oxygen atoms in total. The van der Waals surface area contributed by atoms with Crippen molar-refractivity contribution >= 4 is 0 Å². The van der Waals surface area contributed by atoms with Crippen molar-refractivity contribution in [3.63, 3.8) is 0 Å². The molecule has 0 aromatic heterocycles. The lowest BCUT2D eigenvalue weighted by atomic mass is 9.95. The number of methoxy groups -OCH3 is 1. The van der Waals surface area contributed by atoms with Crippen molar-refractivity contribution in [2.75, 3.05) is 33.9 Å². The van der Waals surface area contributed by atoms with E-state index in [4.69, 9.17) is 4.74 Å². The van der Waals surface area contributed by atoms with Crippen LogP contribution in [0.3, 0.4) is 0 Å². The fraction of sp³-hybridized carbons (Fsp3) is 0.600. The second kappa shape index (κ2) is 6.88. The smallest absolute Gasteiger partial charge is 0.0921 e. The second-order valence-corrected chi connectivity index (χ2v) is 5.08. The molecule has 102 valence electrons. The molecule has 3 heteroatoms. The van der Waals surface area contributed by atoms with Crippen LogP contribution in [-0.4, -0.2) is 43.9 Å². The van der Waals surface area contributed by atoms with E-state index in [-0.39, 0.29) is 0 Å². The maximum atomic E-state index is 10.4. The summed E-state index contributed by atoms with van der Waals surface area (Å²) in [4.78, 5) is 2.09. The molecular formula is C15H25NO2. The molecule has 1 rings (SSSR count). The fourth-order valence-electron chi connectivity index (χ4n) is 2.44. The lowest BCUT2D eigenvalue weighted by molar-refractivity contribution is 0.103. The van der Waals surface area contributed by atoms with Gasteiger partial charge in [-0.25, -0.2) is 0 Å². The molecule has 1 aromatic rings. The summed E-state index contributed by atoms with van der Waals surface area (Å²) in [7, 11) is 3.69. The van der Waals surface area contributed by atoms with Crippen LogP contribution >= 0.6 is 0 Å². The van der Waals surface area contributed by atoms with Gasteiger partial charge in [-0.1, -0.05) is 17.7 Å². The fourth-order valence-corrected chi connectivity index (χ4v) is 2.44. The molecule has 0 radical (unpaired) electrons. The first kappa shape index (κ1) is 15.2. The molecule has 0 amide bonds. The van der Waals surface area contributed by atoms with Gasteiger partial charge in [0.05, 0.1) is 12.7 Å². The van der Waals surface area contributed by atoms with E-state index in [0.717, 1.165) is 12.1 Å². The van der Waals surface area contributed by atoms with Crippen LogP contribution in [0.5, 0.6) is 0 Å². The van der Waals surface area contributed by atoms with Crippen LogP contribution in [0, 0.1) is 20.8 Å². The normalized spacial score (nSPS) is 13.1. The average molecular weight is 251 g/mol. The van der Waals surface area contributed by atoms with E-state index in [9.17, 15) is 5.11 Å². The highest BCUT2D eigenvalue weighted by Crippen LogP contribution is 2.24. The lowest BCUT2D eigenvalue weighted by Gasteiger charge is -2.23. The molecule has 0 fully saturated rings. The molecule has 0 spiro atoms. The number of hydrogen-bond donors (Lipinski definition) is 1. The van der Waals surface area contributed by atoms with Gasteiger partial charge >= 0.3 is 0 Å². The molecule has 18 heavy (non-hydrogen) atoms. The van der Waals surface area contributed by atoms with E-state index in [1.54, 1.807) is 7.11 Å². The van der Waals surface area contributed by atoms with Crippen molar-refractivity contribution < 1.29 is 9.84 Å². The van der Waals surface area contributed by atoms with Gasteiger partial charge in [-0.3, -0.25) is 0 Å². The van der Waals surface area contributed by atoms with E-state index in [2.05, 4.69) is 37.8 Å². The van der Waals surface area contributed by atoms with E-state index in [1.165, 1.54) is 16.7 Å². The molecule has 1 N–H and O–H groups in total. The maximum Gasteiger partial charge on any atom is 0.0921 e. The highest BCUT2D eigenvalue weighted by molar-refractivity contribution is 5.39. The number of benzene rings is 1. The Morgan fingerprint density at radius 2 is 1.78 bits per heavy atom. The number of hydrogen-bond acceptors (Lipinski definition) is 3. The van der Waals surface area contributed by atoms with Crippen molar-refractivity contribution in [3.05, 3.63) is 34.4 Å². The minimum Gasteiger partial charge on any atom is -0.387 e. The highest BCUT2D eigenvalue weighted by atomic mass is 16.5. The van der Waals surface area contributed by atoms with Crippen LogP contribution in [-0.2, 0) is 4.74 Å². The van der Waals surface area contributed by atoms with Crippen molar-refractivity contribution in [1.29, 1.82) is 0 Å². The Bertz CT molecular complexity index is 367. The molecule has 0 aliphatic rings. The van der Waals surface area contributed by atoms with Crippen LogP contribution in [0.2, 0.25) is 0 Å². The largest absolute Gasteiger partial charge is 0.387 e. The number of likely N-dealkylation sites (N-methyl/N-ethyl adjacent to an activating group) is 1. The predicted octanol–water partition coefficient (Wildman–Crippen LogP) is 2.22. The van der Waals surface area contributed by atoms with E-state index in [0.29, 0.717) is 13.2 Å². The van der Waals surface area contributed by atoms with E-state index >= 15 is 0 Å². The molecule has 1 unspecified atom stereocenters. The molecule has 0 bridgehead atoms. The zero-order chi connectivity index (χ0) is 13.7. The number of nitrogens with zero attached hydrogens (tertiary/aromatic N) is 1. The van der Waals surface area contributed by atoms with Crippen molar-refractivity contribution in [2.24, 2.45) is 0 Å². The molecule has 1 aromatic carbocycles. The minimum atomic E-state index is -0.438. The summed E-state index contributed by atoms with van der Waals surface area (Å²) in [6.07, 6.45) is -0.438. The molecule has 0 heterocycles. The third kappa shape index (κ3) is 4.09. The van der Waals surface area contributed by atoms with Crippen molar-refractivity contribution in [1.82, 2.24) is 4.90 Å². The van der Waals surface area contributed by atoms with Crippen LogP contribution in [0.25, 0.3) is 0 Å². The van der Waals surface area contributed by atoms with Gasteiger partial charge < -0.3 is 14.7 Å². The molecule has 0 saturated heterocycles. The average Bonchev–Trinajstić information content (AvgIpc) is 2.24. The molecule has 0 saturated carbocycles. The number of ether oxygens (including phenoxy) is 1. The first-order valence-electron chi connectivity index (χ1n) is 6.39. The number of aryl methyl sites for hydroxylation is 3. The van der Waals surface area contributed by atoms with Gasteiger partial charge in [0.25, 0.3) is 0 Å². The summed E-state index contributed by atoms with van der Waals surface area (Å²) in [5.74, 6) is 0. The summed E-state index contributed by atoms with van der Waals surface area (Å²) in [5.41, 5.74) is 4.64. The van der Waals surface area contributed by atoms with Gasteiger partial charge in [0.1, 0.15) is 0 Å². The summed E-state index contributed by atoms with van der Waals surface area (Å²) >= 11 is 0. The Labute approximate surface area is 110 Å². The molecular weight excluding hydrogens is 226 g/mol. The Morgan fingerprint density at radius 1 is 1.22 bits per heavy atom. The number of rotatable bonds is 6. The highest BCUT2D eigenvalue weighted by Gasteiger charge is 2.15.